The second-order valence-corrected chi connectivity index (χ2v) is 5.74. The number of anilines is 1. The van der Waals surface area contributed by atoms with Crippen molar-refractivity contribution in [2.24, 2.45) is 0 Å². The number of nitrogens with one attached hydrogen (secondary N) is 2. The summed E-state index contributed by atoms with van der Waals surface area (Å²) in [6, 6.07) is 15.2. The van der Waals surface area contributed by atoms with Crippen LogP contribution in [0.2, 0.25) is 0 Å². The Balaban J connectivity index is 1.83. The lowest BCUT2D eigenvalue weighted by molar-refractivity contribution is -0.117. The number of amides is 1. The SMILES string of the molecule is COc1cccc(C[C@@H](C(=O)Nc2cccc(C)c2)c2nn[nH]n2)c1. The van der Waals surface area contributed by atoms with E-state index in [0.29, 0.717) is 12.2 Å². The predicted molar refractivity (Wildman–Crippen MR) is 93.4 cm³/mol. The van der Waals surface area contributed by atoms with Crippen molar-refractivity contribution < 1.29 is 9.53 Å². The topological polar surface area (TPSA) is 92.8 Å². The van der Waals surface area contributed by atoms with Gasteiger partial charge in [0.1, 0.15) is 11.7 Å². The van der Waals surface area contributed by atoms with E-state index >= 15 is 0 Å². The van der Waals surface area contributed by atoms with Crippen LogP contribution >= 0.6 is 0 Å². The lowest BCUT2D eigenvalue weighted by Crippen LogP contribution is -2.24. The molecule has 1 atom stereocenters. The van der Waals surface area contributed by atoms with E-state index in [9.17, 15) is 4.79 Å². The Morgan fingerprint density at radius 3 is 2.80 bits per heavy atom. The highest BCUT2D eigenvalue weighted by molar-refractivity contribution is 5.95. The van der Waals surface area contributed by atoms with Gasteiger partial charge in [-0.15, -0.1) is 10.2 Å². The van der Waals surface area contributed by atoms with Crippen LogP contribution in [0.3, 0.4) is 0 Å². The molecule has 0 saturated carbocycles. The molecule has 7 nitrogen and oxygen atoms in total. The number of aromatic amines is 1. The number of rotatable bonds is 6. The second-order valence-electron chi connectivity index (χ2n) is 5.74. The van der Waals surface area contributed by atoms with Crippen LogP contribution in [0.5, 0.6) is 5.75 Å². The Hall–Kier alpha value is -3.22. The summed E-state index contributed by atoms with van der Waals surface area (Å²) in [7, 11) is 1.61. The molecule has 1 heterocycles. The summed E-state index contributed by atoms with van der Waals surface area (Å²) in [4.78, 5) is 12.8. The maximum atomic E-state index is 12.8. The molecule has 128 valence electrons. The van der Waals surface area contributed by atoms with Gasteiger partial charge in [0.2, 0.25) is 5.91 Å². The number of benzene rings is 2. The molecule has 25 heavy (non-hydrogen) atoms. The standard InChI is InChI=1S/C18H19N5O2/c1-12-5-3-7-14(9-12)19-18(24)16(17-20-22-23-21-17)11-13-6-4-8-15(10-13)25-2/h3-10,16H,11H2,1-2H3,(H,19,24)(H,20,21,22,23)/t16-/m1/s1. The molecular formula is C18H19N5O2. The van der Waals surface area contributed by atoms with E-state index in [4.69, 9.17) is 4.74 Å². The second kappa shape index (κ2) is 7.57. The van der Waals surface area contributed by atoms with E-state index < -0.39 is 5.92 Å². The predicted octanol–water partition coefficient (Wildman–Crippen LogP) is 2.48. The van der Waals surface area contributed by atoms with Crippen molar-refractivity contribution in [1.29, 1.82) is 0 Å². The maximum Gasteiger partial charge on any atom is 0.235 e. The molecule has 1 amide bonds. The van der Waals surface area contributed by atoms with E-state index in [1.165, 1.54) is 0 Å². The van der Waals surface area contributed by atoms with Crippen LogP contribution in [0, 0.1) is 6.92 Å². The van der Waals surface area contributed by atoms with Gasteiger partial charge in [0.25, 0.3) is 0 Å². The summed E-state index contributed by atoms with van der Waals surface area (Å²) < 4.78 is 5.25. The number of carbonyl (C=O) groups is 1. The molecule has 3 rings (SSSR count). The summed E-state index contributed by atoms with van der Waals surface area (Å²) in [5, 5.41) is 16.9. The Morgan fingerprint density at radius 1 is 1.24 bits per heavy atom. The average Bonchev–Trinajstić information content (AvgIpc) is 3.14. The van der Waals surface area contributed by atoms with E-state index in [0.717, 1.165) is 22.6 Å². The summed E-state index contributed by atoms with van der Waals surface area (Å²) in [5.74, 6) is 0.345. The first-order chi connectivity index (χ1) is 12.2. The van der Waals surface area contributed by atoms with Gasteiger partial charge < -0.3 is 10.1 Å². The molecule has 0 aliphatic heterocycles. The number of ether oxygens (including phenoxy) is 1. The van der Waals surface area contributed by atoms with Crippen molar-refractivity contribution >= 4 is 11.6 Å². The third-order valence-electron chi connectivity index (χ3n) is 3.85. The fourth-order valence-corrected chi connectivity index (χ4v) is 2.61. The molecule has 0 fully saturated rings. The summed E-state index contributed by atoms with van der Waals surface area (Å²) in [6.45, 7) is 1.97. The zero-order valence-electron chi connectivity index (χ0n) is 14.1. The fraction of sp³-hybridized carbons (Fsp3) is 0.222. The van der Waals surface area contributed by atoms with Gasteiger partial charge in [-0.2, -0.15) is 5.21 Å². The van der Waals surface area contributed by atoms with E-state index in [1.807, 2.05) is 55.5 Å². The van der Waals surface area contributed by atoms with Gasteiger partial charge in [-0.3, -0.25) is 4.79 Å². The van der Waals surface area contributed by atoms with Crippen molar-refractivity contribution in [3.05, 3.63) is 65.5 Å². The number of aryl methyl sites for hydroxylation is 1. The Morgan fingerprint density at radius 2 is 2.08 bits per heavy atom. The molecule has 1 aromatic heterocycles. The van der Waals surface area contributed by atoms with E-state index in [2.05, 4.69) is 25.9 Å². The van der Waals surface area contributed by atoms with Crippen molar-refractivity contribution in [3.8, 4) is 5.75 Å². The summed E-state index contributed by atoms with van der Waals surface area (Å²) >= 11 is 0. The van der Waals surface area contributed by atoms with Crippen molar-refractivity contribution in [2.75, 3.05) is 12.4 Å². The zero-order valence-corrected chi connectivity index (χ0v) is 14.1. The van der Waals surface area contributed by atoms with Gasteiger partial charge in [-0.1, -0.05) is 29.5 Å². The molecular weight excluding hydrogens is 318 g/mol. The Labute approximate surface area is 145 Å². The largest absolute Gasteiger partial charge is 0.497 e. The molecule has 2 aromatic carbocycles. The number of hydrogen-bond donors (Lipinski definition) is 2. The molecule has 0 radical (unpaired) electrons. The molecule has 7 heteroatoms. The summed E-state index contributed by atoms with van der Waals surface area (Å²) in [6.07, 6.45) is 0.439. The highest BCUT2D eigenvalue weighted by Gasteiger charge is 2.25. The minimum absolute atomic E-state index is 0.185. The van der Waals surface area contributed by atoms with Gasteiger partial charge >= 0.3 is 0 Å². The van der Waals surface area contributed by atoms with Crippen molar-refractivity contribution in [2.45, 2.75) is 19.3 Å². The Kier molecular flexibility index (Phi) is 5.03. The van der Waals surface area contributed by atoms with Gasteiger partial charge in [0.15, 0.2) is 5.82 Å². The number of carbonyl (C=O) groups excluding carboxylic acids is 1. The van der Waals surface area contributed by atoms with E-state index in [1.54, 1.807) is 7.11 Å². The van der Waals surface area contributed by atoms with Gasteiger partial charge in [0.05, 0.1) is 7.11 Å². The molecule has 0 saturated heterocycles. The summed E-state index contributed by atoms with van der Waals surface area (Å²) in [5.41, 5.74) is 2.76. The average molecular weight is 337 g/mol. The first kappa shape index (κ1) is 16.6. The normalized spacial score (nSPS) is 11.8. The highest BCUT2D eigenvalue weighted by atomic mass is 16.5. The monoisotopic (exact) mass is 337 g/mol. The van der Waals surface area contributed by atoms with E-state index in [-0.39, 0.29) is 5.91 Å². The number of methoxy groups -OCH3 is 1. The first-order valence-electron chi connectivity index (χ1n) is 7.89. The molecule has 3 aromatic rings. The zero-order chi connectivity index (χ0) is 17.6. The van der Waals surface area contributed by atoms with Crippen LogP contribution in [0.15, 0.2) is 48.5 Å². The number of tetrazole rings is 1. The third kappa shape index (κ3) is 4.20. The first-order valence-corrected chi connectivity index (χ1v) is 7.89. The van der Waals surface area contributed by atoms with Crippen LogP contribution in [-0.2, 0) is 11.2 Å². The molecule has 0 aliphatic rings. The molecule has 2 N–H and O–H groups in total. The van der Waals surface area contributed by atoms with Crippen LogP contribution in [0.1, 0.15) is 22.9 Å². The third-order valence-corrected chi connectivity index (χ3v) is 3.85. The van der Waals surface area contributed by atoms with Crippen LogP contribution in [0.4, 0.5) is 5.69 Å². The fourth-order valence-electron chi connectivity index (χ4n) is 2.61. The lowest BCUT2D eigenvalue weighted by atomic mass is 9.97. The maximum absolute atomic E-state index is 12.8. The smallest absolute Gasteiger partial charge is 0.235 e. The van der Waals surface area contributed by atoms with Crippen LogP contribution in [-0.4, -0.2) is 33.6 Å². The Bertz CT molecular complexity index is 848. The number of nitrogens with zero attached hydrogens (tertiary/aromatic N) is 3. The molecule has 0 unspecified atom stereocenters. The van der Waals surface area contributed by atoms with Gasteiger partial charge in [0, 0.05) is 5.69 Å². The van der Waals surface area contributed by atoms with Crippen molar-refractivity contribution in [3.63, 3.8) is 0 Å². The number of hydrogen-bond acceptors (Lipinski definition) is 5. The van der Waals surface area contributed by atoms with Gasteiger partial charge in [-0.25, -0.2) is 0 Å². The highest BCUT2D eigenvalue weighted by Crippen LogP contribution is 2.22. The van der Waals surface area contributed by atoms with Gasteiger partial charge in [-0.05, 0) is 48.7 Å². The minimum atomic E-state index is -0.564. The lowest BCUT2D eigenvalue weighted by Gasteiger charge is -2.14. The molecule has 0 spiro atoms. The molecule has 0 aliphatic carbocycles. The van der Waals surface area contributed by atoms with Crippen LogP contribution < -0.4 is 10.1 Å². The van der Waals surface area contributed by atoms with Crippen molar-refractivity contribution in [1.82, 2.24) is 20.6 Å². The molecule has 0 bridgehead atoms. The minimum Gasteiger partial charge on any atom is -0.497 e. The number of aromatic nitrogens is 4. The quantitative estimate of drug-likeness (QED) is 0.721. The van der Waals surface area contributed by atoms with Crippen LogP contribution in [0.25, 0.3) is 0 Å². The number of H-pyrrole nitrogens is 1.